The van der Waals surface area contributed by atoms with E-state index in [0.717, 1.165) is 17.4 Å². The molecule has 1 heterocycles. The SMILES string of the molecule is CC.COc1ccc(Cc2cc(B3OC(C)(C)C(C)(C)P3)c(F)cc2F)cc1. The summed E-state index contributed by atoms with van der Waals surface area (Å²) in [6.07, 6.45) is 0.395. The Labute approximate surface area is 169 Å². The minimum Gasteiger partial charge on any atom is -0.497 e. The molecule has 0 aliphatic carbocycles. The minimum atomic E-state index is -0.535. The quantitative estimate of drug-likeness (QED) is 0.490. The summed E-state index contributed by atoms with van der Waals surface area (Å²) < 4.78 is 40.1. The van der Waals surface area contributed by atoms with Gasteiger partial charge in [-0.2, -0.15) is 0 Å². The molecule has 28 heavy (non-hydrogen) atoms. The zero-order chi connectivity index (χ0) is 21.1. The molecule has 2 aromatic rings. The second-order valence-electron chi connectivity index (χ2n) is 7.77. The first-order chi connectivity index (χ1) is 13.1. The van der Waals surface area contributed by atoms with E-state index in [4.69, 9.17) is 9.39 Å². The van der Waals surface area contributed by atoms with Crippen molar-refractivity contribution in [3.63, 3.8) is 0 Å². The van der Waals surface area contributed by atoms with Crippen molar-refractivity contribution in [1.29, 1.82) is 0 Å². The molecule has 1 aliphatic heterocycles. The second-order valence-corrected chi connectivity index (χ2v) is 9.83. The number of rotatable bonds is 4. The lowest BCUT2D eigenvalue weighted by molar-refractivity contribution is 0.0932. The second kappa shape index (κ2) is 8.92. The molecule has 1 fully saturated rings. The molecule has 0 bridgehead atoms. The van der Waals surface area contributed by atoms with Crippen molar-refractivity contribution in [3.05, 3.63) is 59.2 Å². The van der Waals surface area contributed by atoms with Crippen LogP contribution in [0.15, 0.2) is 36.4 Å². The van der Waals surface area contributed by atoms with Crippen LogP contribution in [-0.2, 0) is 11.1 Å². The van der Waals surface area contributed by atoms with Gasteiger partial charge in [0.1, 0.15) is 17.4 Å². The van der Waals surface area contributed by atoms with Gasteiger partial charge in [-0.1, -0.05) is 45.9 Å². The third-order valence-electron chi connectivity index (χ3n) is 5.41. The smallest absolute Gasteiger partial charge is 0.356 e. The topological polar surface area (TPSA) is 18.5 Å². The van der Waals surface area contributed by atoms with Gasteiger partial charge in [-0.25, -0.2) is 8.78 Å². The van der Waals surface area contributed by atoms with E-state index < -0.39 is 11.6 Å². The summed E-state index contributed by atoms with van der Waals surface area (Å²) in [5.41, 5.74) is 1.51. The predicted octanol–water partition coefficient (Wildman–Crippen LogP) is 5.55. The lowest BCUT2D eigenvalue weighted by Crippen LogP contribution is -2.40. The summed E-state index contributed by atoms with van der Waals surface area (Å²) in [6, 6.07) is 10.1. The largest absolute Gasteiger partial charge is 0.497 e. The highest BCUT2D eigenvalue weighted by Crippen LogP contribution is 2.51. The molecule has 0 spiro atoms. The fourth-order valence-corrected chi connectivity index (χ4v) is 4.82. The summed E-state index contributed by atoms with van der Waals surface area (Å²) >= 11 is 0. The molecule has 1 aliphatic rings. The third kappa shape index (κ3) is 4.75. The number of hydrogen-bond acceptors (Lipinski definition) is 2. The molecular formula is C22H30BF2O2P. The molecule has 0 radical (unpaired) electrons. The average molecular weight is 406 g/mol. The van der Waals surface area contributed by atoms with E-state index in [1.54, 1.807) is 13.2 Å². The van der Waals surface area contributed by atoms with Crippen LogP contribution >= 0.6 is 8.46 Å². The molecule has 1 atom stereocenters. The van der Waals surface area contributed by atoms with Gasteiger partial charge in [0, 0.05) is 17.6 Å². The normalized spacial score (nSPS) is 18.0. The van der Waals surface area contributed by atoms with Gasteiger partial charge < -0.3 is 9.39 Å². The van der Waals surface area contributed by atoms with Gasteiger partial charge in [0.15, 0.2) is 0 Å². The Morgan fingerprint density at radius 1 is 1.00 bits per heavy atom. The first kappa shape index (κ1) is 22.8. The van der Waals surface area contributed by atoms with E-state index in [1.165, 1.54) is 0 Å². The zero-order valence-electron chi connectivity index (χ0n) is 17.8. The van der Waals surface area contributed by atoms with E-state index in [1.807, 2.05) is 52.0 Å². The molecule has 3 rings (SSSR count). The van der Waals surface area contributed by atoms with E-state index in [2.05, 4.69) is 13.8 Å². The number of benzene rings is 2. The number of halogens is 2. The maximum Gasteiger partial charge on any atom is 0.356 e. The zero-order valence-corrected chi connectivity index (χ0v) is 18.8. The van der Waals surface area contributed by atoms with Crippen LogP contribution < -0.4 is 10.2 Å². The van der Waals surface area contributed by atoms with Crippen molar-refractivity contribution < 1.29 is 18.2 Å². The average Bonchev–Trinajstić information content (AvgIpc) is 2.87. The number of methoxy groups -OCH3 is 1. The summed E-state index contributed by atoms with van der Waals surface area (Å²) in [7, 11) is 2.01. The molecule has 0 saturated carbocycles. The molecule has 6 heteroatoms. The first-order valence-corrected chi connectivity index (χ1v) is 10.8. The lowest BCUT2D eigenvalue weighted by Gasteiger charge is -2.33. The van der Waals surface area contributed by atoms with Crippen molar-refractivity contribution in [1.82, 2.24) is 0 Å². The highest BCUT2D eigenvalue weighted by molar-refractivity contribution is 7.79. The van der Waals surface area contributed by atoms with E-state index in [0.29, 0.717) is 25.9 Å². The molecule has 0 amide bonds. The van der Waals surface area contributed by atoms with Crippen LogP contribution in [0, 0.1) is 11.6 Å². The fourth-order valence-electron chi connectivity index (χ4n) is 3.03. The van der Waals surface area contributed by atoms with Gasteiger partial charge in [0.2, 0.25) is 0 Å². The molecule has 0 N–H and O–H groups in total. The fraction of sp³-hybridized carbons (Fsp3) is 0.455. The highest BCUT2D eigenvalue weighted by atomic mass is 31.1. The molecule has 1 unspecified atom stereocenters. The van der Waals surface area contributed by atoms with Gasteiger partial charge in [-0.05, 0) is 42.6 Å². The van der Waals surface area contributed by atoms with Gasteiger partial charge in [-0.3, -0.25) is 0 Å². The Morgan fingerprint density at radius 3 is 2.11 bits per heavy atom. The third-order valence-corrected chi connectivity index (χ3v) is 7.43. The van der Waals surface area contributed by atoms with Crippen LogP contribution in [0.5, 0.6) is 5.75 Å². The monoisotopic (exact) mass is 406 g/mol. The molecule has 152 valence electrons. The van der Waals surface area contributed by atoms with Crippen LogP contribution in [0.1, 0.15) is 52.7 Å². The van der Waals surface area contributed by atoms with Gasteiger partial charge in [0.25, 0.3) is 0 Å². The predicted molar refractivity (Wildman–Crippen MR) is 116 cm³/mol. The van der Waals surface area contributed by atoms with Crippen molar-refractivity contribution in [3.8, 4) is 5.75 Å². The lowest BCUT2D eigenvalue weighted by atomic mass is 9.81. The van der Waals surface area contributed by atoms with Gasteiger partial charge >= 0.3 is 6.64 Å². The summed E-state index contributed by atoms with van der Waals surface area (Å²) in [4.78, 5) is 0. The Bertz CT molecular complexity index is 791. The Balaban J connectivity index is 0.00000136. The van der Waals surface area contributed by atoms with Crippen LogP contribution in [0.3, 0.4) is 0 Å². The van der Waals surface area contributed by atoms with Crippen molar-refractivity contribution in [2.24, 2.45) is 0 Å². The van der Waals surface area contributed by atoms with Gasteiger partial charge in [0.05, 0.1) is 12.7 Å². The van der Waals surface area contributed by atoms with Crippen molar-refractivity contribution in [2.75, 3.05) is 7.11 Å². The Hall–Kier alpha value is -1.45. The standard InChI is InChI=1S/C20H24BF2O2P.C2H6/c1-19(2)20(3,4)26-21(25-19)16-11-14(17(22)12-18(16)23)10-13-6-8-15(24-5)9-7-13;1-2/h6-9,11-12,26H,10H2,1-5H3;1-2H3. The van der Waals surface area contributed by atoms with Crippen LogP contribution in [0.4, 0.5) is 8.78 Å². The van der Waals surface area contributed by atoms with E-state index in [9.17, 15) is 8.78 Å². The molecule has 0 aromatic heterocycles. The number of ether oxygens (including phenoxy) is 1. The Kier molecular flexibility index (Phi) is 7.28. The van der Waals surface area contributed by atoms with Crippen LogP contribution in [-0.4, -0.2) is 24.5 Å². The van der Waals surface area contributed by atoms with Gasteiger partial charge in [-0.15, -0.1) is 8.46 Å². The van der Waals surface area contributed by atoms with E-state index in [-0.39, 0.29) is 17.4 Å². The molecule has 1 saturated heterocycles. The summed E-state index contributed by atoms with van der Waals surface area (Å²) in [6.45, 7) is 12.0. The summed E-state index contributed by atoms with van der Waals surface area (Å²) in [5.74, 6) is -0.312. The van der Waals surface area contributed by atoms with Crippen molar-refractivity contribution in [2.45, 2.75) is 58.7 Å². The van der Waals surface area contributed by atoms with Crippen LogP contribution in [0.2, 0.25) is 0 Å². The molecular weight excluding hydrogens is 376 g/mol. The molecule has 2 nitrogen and oxygen atoms in total. The van der Waals surface area contributed by atoms with Crippen LogP contribution in [0.25, 0.3) is 0 Å². The highest BCUT2D eigenvalue weighted by Gasteiger charge is 2.50. The van der Waals surface area contributed by atoms with Crippen molar-refractivity contribution >= 4 is 20.6 Å². The van der Waals surface area contributed by atoms with E-state index >= 15 is 0 Å². The Morgan fingerprint density at radius 2 is 1.61 bits per heavy atom. The maximum absolute atomic E-state index is 14.5. The molecule has 2 aromatic carbocycles. The summed E-state index contributed by atoms with van der Waals surface area (Å²) in [5, 5.41) is -0.0609. The minimum absolute atomic E-state index is 0.0609. The first-order valence-electron chi connectivity index (χ1n) is 9.69. The maximum atomic E-state index is 14.5. The number of hydrogen-bond donors (Lipinski definition) is 0.